The molecule has 6 heteroatoms. The van der Waals surface area contributed by atoms with E-state index in [9.17, 15) is 9.18 Å². The number of benzene rings is 1. The molecule has 4 rings (SSSR count). The highest BCUT2D eigenvalue weighted by molar-refractivity contribution is 5.99. The molecule has 2 aliphatic rings. The number of fused-ring (bicyclic) bond motifs is 1. The molecule has 1 saturated carbocycles. The standard InChI is InChI=1S/C22H29FN4O/c1-5-17-15-8-9-22(2,3)12-19(15)27(25-17)14-10-16(23)20(21(24)28)18(11-14)26(4)13-6-7-13/h10-11,13H,5-9,12H2,1-4H3,(H2,24,28). The fraction of sp³-hybridized carbons (Fsp3) is 0.545. The van der Waals surface area contributed by atoms with Gasteiger partial charge in [0.05, 0.1) is 22.6 Å². The maximum Gasteiger partial charge on any atom is 0.253 e. The molecular weight excluding hydrogens is 355 g/mol. The first-order chi connectivity index (χ1) is 13.2. The van der Waals surface area contributed by atoms with Crippen LogP contribution in [-0.4, -0.2) is 28.8 Å². The van der Waals surface area contributed by atoms with E-state index in [0.29, 0.717) is 17.4 Å². The lowest BCUT2D eigenvalue weighted by Crippen LogP contribution is -2.26. The van der Waals surface area contributed by atoms with Gasteiger partial charge < -0.3 is 10.6 Å². The van der Waals surface area contributed by atoms with Gasteiger partial charge in [0.15, 0.2) is 0 Å². The monoisotopic (exact) mass is 384 g/mol. The van der Waals surface area contributed by atoms with E-state index in [2.05, 4.69) is 20.8 Å². The van der Waals surface area contributed by atoms with Gasteiger partial charge in [-0.1, -0.05) is 20.8 Å². The number of carbonyl (C=O) groups excluding carboxylic acids is 1. The average Bonchev–Trinajstić information content (AvgIpc) is 3.41. The number of amides is 1. The molecular formula is C22H29FN4O. The summed E-state index contributed by atoms with van der Waals surface area (Å²) in [5.74, 6) is -1.31. The molecule has 1 aromatic carbocycles. The van der Waals surface area contributed by atoms with Gasteiger partial charge in [-0.3, -0.25) is 4.79 Å². The molecule has 28 heavy (non-hydrogen) atoms. The van der Waals surface area contributed by atoms with Crippen molar-refractivity contribution in [2.75, 3.05) is 11.9 Å². The highest BCUT2D eigenvalue weighted by Gasteiger charge is 2.33. The topological polar surface area (TPSA) is 64.2 Å². The lowest BCUT2D eigenvalue weighted by molar-refractivity contribution is 0.0997. The lowest BCUT2D eigenvalue weighted by atomic mass is 9.76. The molecule has 2 aromatic rings. The van der Waals surface area contributed by atoms with E-state index < -0.39 is 11.7 Å². The van der Waals surface area contributed by atoms with E-state index in [1.807, 2.05) is 22.7 Å². The number of halogens is 1. The Labute approximate surface area is 165 Å². The Bertz CT molecular complexity index is 942. The smallest absolute Gasteiger partial charge is 0.253 e. The molecule has 1 amide bonds. The second kappa shape index (κ2) is 6.61. The molecule has 1 aromatic heterocycles. The third-order valence-corrected chi connectivity index (χ3v) is 6.23. The highest BCUT2D eigenvalue weighted by atomic mass is 19.1. The van der Waals surface area contributed by atoms with Gasteiger partial charge in [0.1, 0.15) is 5.82 Å². The van der Waals surface area contributed by atoms with E-state index in [4.69, 9.17) is 10.8 Å². The molecule has 1 heterocycles. The molecule has 150 valence electrons. The van der Waals surface area contributed by atoms with E-state index in [1.54, 1.807) is 0 Å². The SMILES string of the molecule is CCc1nn(-c2cc(F)c(C(N)=O)c(N(C)C3CC3)c2)c2c1CCC(C)(C)C2. The van der Waals surface area contributed by atoms with Crippen LogP contribution < -0.4 is 10.6 Å². The molecule has 0 radical (unpaired) electrons. The zero-order valence-electron chi connectivity index (χ0n) is 17.2. The van der Waals surface area contributed by atoms with Crippen molar-refractivity contribution in [3.05, 3.63) is 40.5 Å². The zero-order chi connectivity index (χ0) is 20.2. The van der Waals surface area contributed by atoms with Crippen molar-refractivity contribution in [2.45, 2.75) is 65.3 Å². The molecule has 5 nitrogen and oxygen atoms in total. The molecule has 1 fully saturated rings. The minimum absolute atomic E-state index is 0.0322. The Balaban J connectivity index is 1.88. The summed E-state index contributed by atoms with van der Waals surface area (Å²) in [6, 6.07) is 3.61. The van der Waals surface area contributed by atoms with Crippen LogP contribution in [0.5, 0.6) is 0 Å². The van der Waals surface area contributed by atoms with Gasteiger partial charge in [-0.15, -0.1) is 0 Å². The number of nitrogens with zero attached hydrogens (tertiary/aromatic N) is 3. The van der Waals surface area contributed by atoms with Crippen LogP contribution in [0, 0.1) is 11.2 Å². The average molecular weight is 384 g/mol. The number of hydrogen-bond acceptors (Lipinski definition) is 3. The Kier molecular flexibility index (Phi) is 4.47. The minimum Gasteiger partial charge on any atom is -0.371 e. The molecule has 0 aliphatic heterocycles. The van der Waals surface area contributed by atoms with Crippen molar-refractivity contribution in [3.63, 3.8) is 0 Å². The van der Waals surface area contributed by atoms with Crippen LogP contribution in [-0.2, 0) is 19.3 Å². The summed E-state index contributed by atoms with van der Waals surface area (Å²) in [5, 5.41) is 4.84. The van der Waals surface area contributed by atoms with Gasteiger partial charge >= 0.3 is 0 Å². The number of anilines is 1. The van der Waals surface area contributed by atoms with Gasteiger partial charge in [0, 0.05) is 24.8 Å². The van der Waals surface area contributed by atoms with Crippen LogP contribution in [0.25, 0.3) is 5.69 Å². The zero-order valence-corrected chi connectivity index (χ0v) is 17.2. The van der Waals surface area contributed by atoms with Gasteiger partial charge in [0.2, 0.25) is 0 Å². The Morgan fingerprint density at radius 1 is 1.39 bits per heavy atom. The number of nitrogens with two attached hydrogens (primary N) is 1. The fourth-order valence-electron chi connectivity index (χ4n) is 4.39. The summed E-state index contributed by atoms with van der Waals surface area (Å²) in [6.45, 7) is 6.64. The largest absolute Gasteiger partial charge is 0.371 e. The molecule has 0 saturated heterocycles. The van der Waals surface area contributed by atoms with E-state index in [0.717, 1.165) is 44.2 Å². The van der Waals surface area contributed by atoms with E-state index >= 15 is 0 Å². The van der Waals surface area contributed by atoms with Crippen molar-refractivity contribution in [1.82, 2.24) is 9.78 Å². The summed E-state index contributed by atoms with van der Waals surface area (Å²) in [6.07, 6.45) is 5.98. The van der Waals surface area contributed by atoms with Crippen molar-refractivity contribution < 1.29 is 9.18 Å². The number of aromatic nitrogens is 2. The first-order valence-corrected chi connectivity index (χ1v) is 10.2. The fourth-order valence-corrected chi connectivity index (χ4v) is 4.39. The minimum atomic E-state index is -0.732. The molecule has 2 N–H and O–H groups in total. The molecule has 0 bridgehead atoms. The summed E-state index contributed by atoms with van der Waals surface area (Å²) < 4.78 is 16.9. The Morgan fingerprint density at radius 2 is 2.11 bits per heavy atom. The number of rotatable bonds is 5. The Morgan fingerprint density at radius 3 is 2.71 bits per heavy atom. The van der Waals surface area contributed by atoms with Crippen LogP contribution >= 0.6 is 0 Å². The van der Waals surface area contributed by atoms with Crippen LogP contribution in [0.4, 0.5) is 10.1 Å². The van der Waals surface area contributed by atoms with Crippen molar-refractivity contribution in [2.24, 2.45) is 11.1 Å². The maximum atomic E-state index is 15.0. The number of carbonyl (C=O) groups is 1. The number of aryl methyl sites for hydroxylation is 1. The third-order valence-electron chi connectivity index (χ3n) is 6.23. The molecule has 0 unspecified atom stereocenters. The van der Waals surface area contributed by atoms with Gasteiger partial charge in [-0.05, 0) is 55.6 Å². The lowest BCUT2D eigenvalue weighted by Gasteiger charge is -2.30. The molecule has 2 aliphatic carbocycles. The first kappa shape index (κ1) is 19.0. The van der Waals surface area contributed by atoms with Crippen molar-refractivity contribution in [3.8, 4) is 5.69 Å². The summed E-state index contributed by atoms with van der Waals surface area (Å²) in [4.78, 5) is 13.9. The van der Waals surface area contributed by atoms with E-state index in [-0.39, 0.29) is 11.0 Å². The highest BCUT2D eigenvalue weighted by Crippen LogP contribution is 2.39. The van der Waals surface area contributed by atoms with Gasteiger partial charge in [-0.25, -0.2) is 9.07 Å². The second-order valence-electron chi connectivity index (χ2n) is 9.01. The quantitative estimate of drug-likeness (QED) is 0.853. The van der Waals surface area contributed by atoms with E-state index in [1.165, 1.54) is 17.3 Å². The normalized spacial score (nSPS) is 18.0. The number of hydrogen-bond donors (Lipinski definition) is 1. The third kappa shape index (κ3) is 3.19. The Hall–Kier alpha value is -2.37. The van der Waals surface area contributed by atoms with Crippen molar-refractivity contribution in [1.29, 1.82) is 0 Å². The van der Waals surface area contributed by atoms with Crippen LogP contribution in [0.2, 0.25) is 0 Å². The molecule has 0 spiro atoms. The first-order valence-electron chi connectivity index (χ1n) is 10.2. The predicted molar refractivity (Wildman–Crippen MR) is 109 cm³/mol. The maximum absolute atomic E-state index is 15.0. The van der Waals surface area contributed by atoms with Crippen LogP contribution in [0.3, 0.4) is 0 Å². The summed E-state index contributed by atoms with van der Waals surface area (Å²) >= 11 is 0. The van der Waals surface area contributed by atoms with Crippen LogP contribution in [0.1, 0.15) is 67.3 Å². The second-order valence-corrected chi connectivity index (χ2v) is 9.01. The molecule has 0 atom stereocenters. The van der Waals surface area contributed by atoms with Crippen LogP contribution in [0.15, 0.2) is 12.1 Å². The van der Waals surface area contributed by atoms with Gasteiger partial charge in [0.25, 0.3) is 5.91 Å². The van der Waals surface area contributed by atoms with Crippen molar-refractivity contribution >= 4 is 11.6 Å². The predicted octanol–water partition coefficient (Wildman–Crippen LogP) is 3.79. The summed E-state index contributed by atoms with van der Waals surface area (Å²) in [5.41, 5.74) is 10.4. The number of primary amides is 1. The summed E-state index contributed by atoms with van der Waals surface area (Å²) in [7, 11) is 1.90. The van der Waals surface area contributed by atoms with Gasteiger partial charge in [-0.2, -0.15) is 5.10 Å².